The number of hydrogen-bond acceptors (Lipinski definition) is 3. The molecule has 0 amide bonds. The van der Waals surface area contributed by atoms with Crippen LogP contribution in [0.2, 0.25) is 0 Å². The second-order valence-corrected chi connectivity index (χ2v) is 5.93. The second kappa shape index (κ2) is 7.68. The van der Waals surface area contributed by atoms with Gasteiger partial charge in [0, 0.05) is 38.6 Å². The predicted octanol–water partition coefficient (Wildman–Crippen LogP) is 2.58. The van der Waals surface area contributed by atoms with Crippen LogP contribution in [0.3, 0.4) is 0 Å². The molecule has 0 saturated heterocycles. The van der Waals surface area contributed by atoms with E-state index in [-0.39, 0.29) is 5.41 Å². The van der Waals surface area contributed by atoms with E-state index in [1.165, 1.54) is 0 Å². The van der Waals surface area contributed by atoms with Gasteiger partial charge < -0.3 is 19.8 Å². The summed E-state index contributed by atoms with van der Waals surface area (Å²) in [7, 11) is 3.63. The van der Waals surface area contributed by atoms with Crippen LogP contribution in [0.15, 0.2) is 27.8 Å². The zero-order chi connectivity index (χ0) is 16.0. The van der Waals surface area contributed by atoms with Crippen molar-refractivity contribution in [1.82, 2.24) is 10.6 Å². The number of ether oxygens (including phenoxy) is 1. The van der Waals surface area contributed by atoms with Crippen LogP contribution in [0.4, 0.5) is 0 Å². The number of nitrogens with zero attached hydrogens (tertiary/aromatic N) is 1. The van der Waals surface area contributed by atoms with Gasteiger partial charge in [0.05, 0.1) is 12.4 Å². The van der Waals surface area contributed by atoms with Gasteiger partial charge in [-0.1, -0.05) is 13.8 Å². The molecule has 124 valence electrons. The van der Waals surface area contributed by atoms with Crippen molar-refractivity contribution in [2.45, 2.75) is 51.7 Å². The Labute approximate surface area is 133 Å². The van der Waals surface area contributed by atoms with Crippen molar-refractivity contribution >= 4 is 5.96 Å². The molecule has 5 nitrogen and oxygen atoms in total. The van der Waals surface area contributed by atoms with Crippen LogP contribution in [0.1, 0.15) is 38.9 Å². The molecule has 1 fully saturated rings. The summed E-state index contributed by atoms with van der Waals surface area (Å²) in [5.41, 5.74) is 0.216. The summed E-state index contributed by atoms with van der Waals surface area (Å²) < 4.78 is 11.0. The monoisotopic (exact) mass is 307 g/mol. The van der Waals surface area contributed by atoms with Gasteiger partial charge in [0.1, 0.15) is 5.76 Å². The Bertz CT molecular complexity index is 466. The number of nitrogens with one attached hydrogen (secondary N) is 2. The lowest BCUT2D eigenvalue weighted by molar-refractivity contribution is -0.118. The van der Waals surface area contributed by atoms with Crippen LogP contribution >= 0.6 is 0 Å². The normalized spacial score (nSPS) is 23.9. The van der Waals surface area contributed by atoms with Gasteiger partial charge in [0.2, 0.25) is 0 Å². The number of furan rings is 1. The molecule has 0 radical (unpaired) electrons. The summed E-state index contributed by atoms with van der Waals surface area (Å²) in [6.45, 7) is 5.30. The highest BCUT2D eigenvalue weighted by Crippen LogP contribution is 2.48. The third-order valence-electron chi connectivity index (χ3n) is 5.16. The zero-order valence-electron chi connectivity index (χ0n) is 14.2. The lowest BCUT2D eigenvalue weighted by Gasteiger charge is -2.55. The number of aliphatic imine (C=N–C) groups is 1. The van der Waals surface area contributed by atoms with Crippen LogP contribution in [0.25, 0.3) is 0 Å². The van der Waals surface area contributed by atoms with Crippen LogP contribution in [-0.4, -0.2) is 38.8 Å². The molecule has 0 bridgehead atoms. The average molecular weight is 307 g/mol. The number of methoxy groups -OCH3 is 1. The van der Waals surface area contributed by atoms with E-state index in [2.05, 4.69) is 29.5 Å². The topological polar surface area (TPSA) is 58.8 Å². The number of hydrogen-bond donors (Lipinski definition) is 2. The Kier molecular flexibility index (Phi) is 5.89. The molecular formula is C17H29N3O2. The molecule has 1 aliphatic rings. The molecule has 1 aromatic heterocycles. The molecule has 0 aromatic carbocycles. The summed E-state index contributed by atoms with van der Waals surface area (Å²) in [6, 6.07) is 4.33. The van der Waals surface area contributed by atoms with Gasteiger partial charge in [-0.15, -0.1) is 0 Å². The molecule has 1 aromatic rings. The van der Waals surface area contributed by atoms with E-state index in [9.17, 15) is 0 Å². The maximum absolute atomic E-state index is 5.65. The van der Waals surface area contributed by atoms with Crippen molar-refractivity contribution in [3.05, 3.63) is 24.2 Å². The summed E-state index contributed by atoms with van der Waals surface area (Å²) in [5.74, 6) is 1.85. The molecule has 2 N–H and O–H groups in total. The minimum absolute atomic E-state index is 0.216. The van der Waals surface area contributed by atoms with Gasteiger partial charge in [-0.3, -0.25) is 4.99 Å². The number of guanidine groups is 1. The van der Waals surface area contributed by atoms with E-state index in [0.717, 1.165) is 43.9 Å². The Morgan fingerprint density at radius 2 is 2.23 bits per heavy atom. The fraction of sp³-hybridized carbons (Fsp3) is 0.706. The second-order valence-electron chi connectivity index (χ2n) is 5.93. The molecule has 22 heavy (non-hydrogen) atoms. The molecule has 1 heterocycles. The minimum Gasteiger partial charge on any atom is -0.469 e. The largest absolute Gasteiger partial charge is 0.469 e. The highest BCUT2D eigenvalue weighted by molar-refractivity contribution is 5.80. The van der Waals surface area contributed by atoms with Crippen LogP contribution in [0.5, 0.6) is 0 Å². The number of rotatable bonds is 7. The van der Waals surface area contributed by atoms with Gasteiger partial charge in [0.25, 0.3) is 0 Å². The highest BCUT2D eigenvalue weighted by Gasteiger charge is 2.53. The van der Waals surface area contributed by atoms with Gasteiger partial charge in [-0.05, 0) is 31.4 Å². The van der Waals surface area contributed by atoms with E-state index in [4.69, 9.17) is 9.15 Å². The first-order valence-corrected chi connectivity index (χ1v) is 8.22. The summed E-state index contributed by atoms with van der Waals surface area (Å²) in [4.78, 5) is 4.34. The first kappa shape index (κ1) is 16.9. The summed E-state index contributed by atoms with van der Waals surface area (Å²) >= 11 is 0. The van der Waals surface area contributed by atoms with Crippen molar-refractivity contribution < 1.29 is 9.15 Å². The van der Waals surface area contributed by atoms with Crippen LogP contribution in [0, 0.1) is 5.41 Å². The standard InChI is InChI=1S/C17H29N3O2/c1-5-17(6-2)14(12-15(17)21-4)20-16(18-3)19-10-9-13-8-7-11-22-13/h7-8,11,14-15H,5-6,9-10,12H2,1-4H3,(H2,18,19,20). The average Bonchev–Trinajstić information content (AvgIpc) is 3.04. The predicted molar refractivity (Wildman–Crippen MR) is 89.1 cm³/mol. The lowest BCUT2D eigenvalue weighted by Crippen LogP contribution is -2.65. The van der Waals surface area contributed by atoms with E-state index in [0.29, 0.717) is 12.1 Å². The molecule has 5 heteroatoms. The fourth-order valence-electron chi connectivity index (χ4n) is 3.60. The van der Waals surface area contributed by atoms with Crippen molar-refractivity contribution in [1.29, 1.82) is 0 Å². The Morgan fingerprint density at radius 1 is 1.45 bits per heavy atom. The maximum atomic E-state index is 5.65. The molecule has 1 saturated carbocycles. The van der Waals surface area contributed by atoms with Crippen molar-refractivity contribution in [3.63, 3.8) is 0 Å². The molecular weight excluding hydrogens is 278 g/mol. The molecule has 0 aliphatic heterocycles. The minimum atomic E-state index is 0.216. The third-order valence-corrected chi connectivity index (χ3v) is 5.16. The quantitative estimate of drug-likeness (QED) is 0.600. The molecule has 2 rings (SSSR count). The van der Waals surface area contributed by atoms with Crippen LogP contribution in [-0.2, 0) is 11.2 Å². The van der Waals surface area contributed by atoms with E-state index >= 15 is 0 Å². The Hall–Kier alpha value is -1.49. The SMILES string of the molecule is CCC1(CC)C(NC(=NC)NCCc2ccco2)CC1OC. The fourth-order valence-corrected chi connectivity index (χ4v) is 3.60. The van der Waals surface area contributed by atoms with Crippen molar-refractivity contribution in [2.24, 2.45) is 10.4 Å². The van der Waals surface area contributed by atoms with Gasteiger partial charge in [-0.25, -0.2) is 0 Å². The molecule has 1 aliphatic carbocycles. The molecule has 2 unspecified atom stereocenters. The van der Waals surface area contributed by atoms with E-state index in [1.54, 1.807) is 6.26 Å². The highest BCUT2D eigenvalue weighted by atomic mass is 16.5. The molecule has 0 spiro atoms. The van der Waals surface area contributed by atoms with Gasteiger partial charge in [-0.2, -0.15) is 0 Å². The first-order valence-electron chi connectivity index (χ1n) is 8.22. The van der Waals surface area contributed by atoms with Crippen molar-refractivity contribution in [3.8, 4) is 0 Å². The Morgan fingerprint density at radius 3 is 2.77 bits per heavy atom. The summed E-state index contributed by atoms with van der Waals surface area (Å²) in [5, 5.41) is 6.93. The molecule has 2 atom stereocenters. The summed E-state index contributed by atoms with van der Waals surface area (Å²) in [6.07, 6.45) is 6.18. The maximum Gasteiger partial charge on any atom is 0.191 e. The van der Waals surface area contributed by atoms with E-state index in [1.807, 2.05) is 26.3 Å². The Balaban J connectivity index is 1.85. The smallest absolute Gasteiger partial charge is 0.191 e. The van der Waals surface area contributed by atoms with E-state index < -0.39 is 0 Å². The lowest BCUT2D eigenvalue weighted by atomic mass is 9.58. The van der Waals surface area contributed by atoms with Gasteiger partial charge >= 0.3 is 0 Å². The zero-order valence-corrected chi connectivity index (χ0v) is 14.2. The van der Waals surface area contributed by atoms with Crippen LogP contribution < -0.4 is 10.6 Å². The van der Waals surface area contributed by atoms with Crippen molar-refractivity contribution in [2.75, 3.05) is 20.7 Å². The first-order chi connectivity index (χ1) is 10.7. The third kappa shape index (κ3) is 3.29. The van der Waals surface area contributed by atoms with Gasteiger partial charge in [0.15, 0.2) is 5.96 Å².